The minimum absolute atomic E-state index is 0.282. The summed E-state index contributed by atoms with van der Waals surface area (Å²) >= 11 is 0. The van der Waals surface area contributed by atoms with Crippen LogP contribution in [0.2, 0.25) is 0 Å². The van der Waals surface area contributed by atoms with Crippen molar-refractivity contribution in [3.05, 3.63) is 65.7 Å². The molecule has 0 heterocycles. The average Bonchev–Trinajstić information content (AvgIpc) is 2.54. The highest BCUT2D eigenvalue weighted by Gasteiger charge is 2.00. The maximum Gasteiger partial charge on any atom is 0.217 e. The summed E-state index contributed by atoms with van der Waals surface area (Å²) in [5.41, 5.74) is 7.33. The predicted molar refractivity (Wildman–Crippen MR) is 86.1 cm³/mol. The number of hydrogen-bond acceptors (Lipinski definition) is 2. The van der Waals surface area contributed by atoms with Crippen molar-refractivity contribution in [1.29, 1.82) is 0 Å². The van der Waals surface area contributed by atoms with E-state index in [-0.39, 0.29) is 5.91 Å². The second-order valence-electron chi connectivity index (χ2n) is 4.39. The molecular formula is C18H23NO2. The van der Waals surface area contributed by atoms with Gasteiger partial charge in [0.25, 0.3) is 0 Å². The van der Waals surface area contributed by atoms with Crippen LogP contribution in [-0.2, 0) is 17.8 Å². The molecule has 21 heavy (non-hydrogen) atoms. The molecule has 2 N–H and O–H groups in total. The van der Waals surface area contributed by atoms with Crippen LogP contribution in [0.5, 0.6) is 5.75 Å². The quantitative estimate of drug-likeness (QED) is 0.879. The summed E-state index contributed by atoms with van der Waals surface area (Å²) < 4.78 is 5.72. The van der Waals surface area contributed by atoms with E-state index in [0.29, 0.717) is 19.4 Å². The number of aryl methyl sites for hydroxylation is 1. The van der Waals surface area contributed by atoms with Gasteiger partial charge in [0.15, 0.2) is 0 Å². The highest BCUT2D eigenvalue weighted by molar-refractivity contribution is 5.74. The highest BCUT2D eigenvalue weighted by atomic mass is 16.5. The Kier molecular flexibility index (Phi) is 7.65. The van der Waals surface area contributed by atoms with E-state index in [1.165, 1.54) is 0 Å². The number of amides is 1. The van der Waals surface area contributed by atoms with Crippen molar-refractivity contribution < 1.29 is 9.53 Å². The topological polar surface area (TPSA) is 52.3 Å². The SMILES string of the molecule is CC.NC(=O)CCc1cccc(OCc2ccccc2)c1. The van der Waals surface area contributed by atoms with Gasteiger partial charge in [0.05, 0.1) is 0 Å². The molecule has 2 aromatic rings. The monoisotopic (exact) mass is 285 g/mol. The molecule has 2 rings (SSSR count). The normalized spacial score (nSPS) is 9.43. The van der Waals surface area contributed by atoms with Gasteiger partial charge < -0.3 is 10.5 Å². The smallest absolute Gasteiger partial charge is 0.217 e. The van der Waals surface area contributed by atoms with Crippen molar-refractivity contribution in [1.82, 2.24) is 0 Å². The molecule has 0 saturated heterocycles. The Morgan fingerprint density at radius 1 is 1.00 bits per heavy atom. The molecule has 1 amide bonds. The first-order valence-electron chi connectivity index (χ1n) is 7.28. The third kappa shape index (κ3) is 6.61. The summed E-state index contributed by atoms with van der Waals surface area (Å²) in [5, 5.41) is 0. The summed E-state index contributed by atoms with van der Waals surface area (Å²) in [4.78, 5) is 10.8. The van der Waals surface area contributed by atoms with E-state index in [4.69, 9.17) is 10.5 Å². The first-order chi connectivity index (χ1) is 10.2. The van der Waals surface area contributed by atoms with E-state index in [9.17, 15) is 4.79 Å². The maximum absolute atomic E-state index is 10.8. The van der Waals surface area contributed by atoms with Crippen LogP contribution in [0.25, 0.3) is 0 Å². The van der Waals surface area contributed by atoms with Crippen LogP contribution in [0, 0.1) is 0 Å². The lowest BCUT2D eigenvalue weighted by Gasteiger charge is -2.08. The minimum atomic E-state index is -0.282. The summed E-state index contributed by atoms with van der Waals surface area (Å²) in [5.74, 6) is 0.529. The average molecular weight is 285 g/mol. The number of hydrogen-bond donors (Lipinski definition) is 1. The second-order valence-corrected chi connectivity index (χ2v) is 4.39. The zero-order chi connectivity index (χ0) is 15.5. The van der Waals surface area contributed by atoms with E-state index in [0.717, 1.165) is 16.9 Å². The van der Waals surface area contributed by atoms with E-state index in [1.807, 2.05) is 68.4 Å². The van der Waals surface area contributed by atoms with Crippen LogP contribution >= 0.6 is 0 Å². The Morgan fingerprint density at radius 2 is 1.67 bits per heavy atom. The number of primary amides is 1. The van der Waals surface area contributed by atoms with Crippen LogP contribution < -0.4 is 10.5 Å². The summed E-state index contributed by atoms with van der Waals surface area (Å²) in [7, 11) is 0. The molecule has 0 aliphatic rings. The van der Waals surface area contributed by atoms with Gasteiger partial charge in [-0.2, -0.15) is 0 Å². The number of benzene rings is 2. The molecule has 0 aliphatic heterocycles. The molecule has 0 unspecified atom stereocenters. The first-order valence-corrected chi connectivity index (χ1v) is 7.28. The van der Waals surface area contributed by atoms with Gasteiger partial charge in [-0.25, -0.2) is 0 Å². The zero-order valence-electron chi connectivity index (χ0n) is 12.7. The van der Waals surface area contributed by atoms with Gasteiger partial charge in [0.2, 0.25) is 5.91 Å². The number of rotatable bonds is 6. The molecule has 0 atom stereocenters. The molecule has 112 valence electrons. The van der Waals surface area contributed by atoms with Crippen molar-refractivity contribution in [2.45, 2.75) is 33.3 Å². The molecule has 2 aromatic carbocycles. The first kappa shape index (κ1) is 16.8. The number of ether oxygens (including phenoxy) is 1. The molecule has 3 nitrogen and oxygen atoms in total. The standard InChI is InChI=1S/C16H17NO2.C2H6/c17-16(18)10-9-13-7-4-8-15(11-13)19-12-14-5-2-1-3-6-14;1-2/h1-8,11H,9-10,12H2,(H2,17,18);1-2H3. The third-order valence-electron chi connectivity index (χ3n) is 2.81. The lowest BCUT2D eigenvalue weighted by atomic mass is 10.1. The number of carbonyl (C=O) groups is 1. The molecule has 0 aromatic heterocycles. The Balaban J connectivity index is 0.00000106. The summed E-state index contributed by atoms with van der Waals surface area (Å²) in [6.45, 7) is 4.54. The maximum atomic E-state index is 10.8. The van der Waals surface area contributed by atoms with Crippen LogP contribution in [-0.4, -0.2) is 5.91 Å². The van der Waals surface area contributed by atoms with Gasteiger partial charge in [-0.05, 0) is 29.7 Å². The molecule has 0 radical (unpaired) electrons. The predicted octanol–water partition coefficient (Wildman–Crippen LogP) is 3.71. The molecule has 0 bridgehead atoms. The molecule has 0 fully saturated rings. The molecule has 0 spiro atoms. The van der Waals surface area contributed by atoms with E-state index < -0.39 is 0 Å². The van der Waals surface area contributed by atoms with Gasteiger partial charge in [-0.1, -0.05) is 56.3 Å². The summed E-state index contributed by atoms with van der Waals surface area (Å²) in [6.07, 6.45) is 1.01. The number of nitrogens with two attached hydrogens (primary N) is 1. The van der Waals surface area contributed by atoms with Crippen molar-refractivity contribution in [3.63, 3.8) is 0 Å². The molecule has 0 aliphatic carbocycles. The van der Waals surface area contributed by atoms with Crippen LogP contribution in [0.15, 0.2) is 54.6 Å². The van der Waals surface area contributed by atoms with Crippen molar-refractivity contribution in [2.75, 3.05) is 0 Å². The lowest BCUT2D eigenvalue weighted by molar-refractivity contribution is -0.117. The fraction of sp³-hybridized carbons (Fsp3) is 0.278. The van der Waals surface area contributed by atoms with Crippen molar-refractivity contribution in [2.24, 2.45) is 5.73 Å². The van der Waals surface area contributed by atoms with Gasteiger partial charge in [-0.3, -0.25) is 4.79 Å². The van der Waals surface area contributed by atoms with Crippen LogP contribution in [0.3, 0.4) is 0 Å². The minimum Gasteiger partial charge on any atom is -0.489 e. The zero-order valence-corrected chi connectivity index (χ0v) is 12.7. The summed E-state index contributed by atoms with van der Waals surface area (Å²) in [6, 6.07) is 17.8. The fourth-order valence-electron chi connectivity index (χ4n) is 1.80. The lowest BCUT2D eigenvalue weighted by Crippen LogP contribution is -2.11. The van der Waals surface area contributed by atoms with Crippen LogP contribution in [0.4, 0.5) is 0 Å². The molecule has 0 saturated carbocycles. The molecular weight excluding hydrogens is 262 g/mol. The Bertz CT molecular complexity index is 538. The largest absolute Gasteiger partial charge is 0.489 e. The Morgan fingerprint density at radius 3 is 2.33 bits per heavy atom. The highest BCUT2D eigenvalue weighted by Crippen LogP contribution is 2.16. The third-order valence-corrected chi connectivity index (χ3v) is 2.81. The van der Waals surface area contributed by atoms with Crippen LogP contribution in [0.1, 0.15) is 31.4 Å². The van der Waals surface area contributed by atoms with E-state index in [1.54, 1.807) is 0 Å². The Labute approximate surface area is 126 Å². The van der Waals surface area contributed by atoms with Gasteiger partial charge in [-0.15, -0.1) is 0 Å². The van der Waals surface area contributed by atoms with Crippen molar-refractivity contribution >= 4 is 5.91 Å². The second kappa shape index (κ2) is 9.59. The molecule has 3 heteroatoms. The van der Waals surface area contributed by atoms with E-state index in [2.05, 4.69) is 0 Å². The van der Waals surface area contributed by atoms with Crippen molar-refractivity contribution in [3.8, 4) is 5.75 Å². The van der Waals surface area contributed by atoms with E-state index >= 15 is 0 Å². The van der Waals surface area contributed by atoms with Gasteiger partial charge >= 0.3 is 0 Å². The Hall–Kier alpha value is -2.29. The van der Waals surface area contributed by atoms with Gasteiger partial charge in [0.1, 0.15) is 12.4 Å². The fourth-order valence-corrected chi connectivity index (χ4v) is 1.80. The number of carbonyl (C=O) groups excluding carboxylic acids is 1. The van der Waals surface area contributed by atoms with Gasteiger partial charge in [0, 0.05) is 6.42 Å².